The fourth-order valence-electron chi connectivity index (χ4n) is 10.6. The van der Waals surface area contributed by atoms with Crippen molar-refractivity contribution in [2.75, 3.05) is 41.0 Å². The molecule has 20 nitrogen and oxygen atoms in total. The standard InChI is InChI=1S/C64H84N4O16/c1-39(2)35-77-55-42(6)83-64(74)50(25-17-22-47(55)32-44-18-12-10-13-19-44)67-60(70)54-58(80-38-81-61(71)40(3)4)52(76-9)29-31-68(54)34-41(5)62(72)82-37-79-57-51(75-8)28-30-65-53(57)59(69)66-49-24-16-23-48(33-45-20-14-11-15-21-45)56(43(7)84-63(49)73)78-36-46-26-27-46/h10-15,18-21,28-31,39-43,46-50,55-56H,16-17,22-27,32-38H2,1-9H3,(H-,66,67,69,70)/p+1. The van der Waals surface area contributed by atoms with Crippen molar-refractivity contribution >= 4 is 35.7 Å². The van der Waals surface area contributed by atoms with Gasteiger partial charge < -0.3 is 58.0 Å². The number of pyridine rings is 2. The molecule has 2 saturated heterocycles. The van der Waals surface area contributed by atoms with Crippen molar-refractivity contribution < 1.29 is 80.7 Å². The number of hydrogen-bond donors (Lipinski definition) is 2. The molecule has 2 aliphatic heterocycles. The summed E-state index contributed by atoms with van der Waals surface area (Å²) in [6, 6.07) is 21.1. The van der Waals surface area contributed by atoms with Gasteiger partial charge in [0.25, 0.3) is 5.91 Å². The van der Waals surface area contributed by atoms with Gasteiger partial charge in [0.05, 0.1) is 32.3 Å². The Morgan fingerprint density at radius 1 is 0.643 bits per heavy atom. The molecule has 2 amide bonds. The van der Waals surface area contributed by atoms with E-state index in [0.717, 1.165) is 36.8 Å². The summed E-state index contributed by atoms with van der Waals surface area (Å²) in [5, 5.41) is 5.70. The molecule has 20 heteroatoms. The van der Waals surface area contributed by atoms with Gasteiger partial charge in [-0.2, -0.15) is 4.57 Å². The number of nitrogens with one attached hydrogen (secondary N) is 2. The number of ether oxygens (including phenoxy) is 10. The SMILES string of the molecule is COc1ccnc(C(=O)NC2CCCC(Cc3ccccc3)C(OCC3CC3)C(C)OC2=O)c1OCOC(=O)C(C)C[n+]1ccc(OC)c(OCOC(=O)C(C)C)c1C(=O)NC1CCCC(Cc2ccccc2)C(OCC(C)C)C(C)OC1=O. The van der Waals surface area contributed by atoms with Gasteiger partial charge in [-0.1, -0.05) is 101 Å². The van der Waals surface area contributed by atoms with Crippen LogP contribution in [-0.2, 0) is 67.0 Å². The minimum atomic E-state index is -1.11. The van der Waals surface area contributed by atoms with Gasteiger partial charge in [-0.15, -0.1) is 0 Å². The second-order valence-electron chi connectivity index (χ2n) is 22.9. The first kappa shape index (κ1) is 64.2. The molecule has 0 radical (unpaired) electrons. The van der Waals surface area contributed by atoms with Gasteiger partial charge >= 0.3 is 35.5 Å². The van der Waals surface area contributed by atoms with Crippen LogP contribution in [0.25, 0.3) is 0 Å². The molecule has 2 aromatic carbocycles. The number of benzene rings is 2. The van der Waals surface area contributed by atoms with E-state index in [-0.39, 0.29) is 71.2 Å². The van der Waals surface area contributed by atoms with Crippen LogP contribution in [0.15, 0.2) is 85.2 Å². The summed E-state index contributed by atoms with van der Waals surface area (Å²) in [4.78, 5) is 87.7. The van der Waals surface area contributed by atoms with Crippen LogP contribution in [-0.4, -0.2) is 118 Å². The highest BCUT2D eigenvalue weighted by Crippen LogP contribution is 2.35. The van der Waals surface area contributed by atoms with Crippen molar-refractivity contribution in [3.05, 3.63) is 108 Å². The number of carbonyl (C=O) groups is 6. The normalized spacial score (nSPS) is 22.5. The fourth-order valence-corrected chi connectivity index (χ4v) is 10.6. The summed E-state index contributed by atoms with van der Waals surface area (Å²) in [6.07, 6.45) is 7.60. The number of cyclic esters (lactones) is 2. The van der Waals surface area contributed by atoms with Crippen molar-refractivity contribution in [1.29, 1.82) is 0 Å². The number of hydrogen-bond acceptors (Lipinski definition) is 17. The van der Waals surface area contributed by atoms with E-state index >= 15 is 0 Å². The zero-order chi connectivity index (χ0) is 60.3. The number of amides is 2. The number of nitrogens with zero attached hydrogens (tertiary/aromatic N) is 2. The molecule has 0 spiro atoms. The number of methoxy groups -OCH3 is 2. The summed E-state index contributed by atoms with van der Waals surface area (Å²) in [5.41, 5.74) is 1.90. The molecule has 7 rings (SSSR count). The molecule has 4 aromatic rings. The van der Waals surface area contributed by atoms with Crippen LogP contribution in [0.5, 0.6) is 23.0 Å². The Kier molecular flexibility index (Phi) is 24.1. The van der Waals surface area contributed by atoms with Gasteiger partial charge in [0.1, 0.15) is 30.2 Å². The van der Waals surface area contributed by atoms with E-state index in [9.17, 15) is 28.8 Å². The lowest BCUT2D eigenvalue weighted by Gasteiger charge is -2.32. The summed E-state index contributed by atoms with van der Waals surface area (Å²) >= 11 is 0. The number of rotatable bonds is 26. The summed E-state index contributed by atoms with van der Waals surface area (Å²) in [5.74, 6) is -4.83. The van der Waals surface area contributed by atoms with Gasteiger partial charge in [0.15, 0.2) is 35.7 Å². The van der Waals surface area contributed by atoms with Crippen LogP contribution in [0.1, 0.15) is 132 Å². The van der Waals surface area contributed by atoms with E-state index in [2.05, 4.69) is 53.7 Å². The molecular formula is C64H85N4O16+. The van der Waals surface area contributed by atoms with E-state index in [0.29, 0.717) is 51.2 Å². The van der Waals surface area contributed by atoms with E-state index < -0.39 is 91.5 Å². The third-order valence-corrected chi connectivity index (χ3v) is 15.3. The first-order valence-corrected chi connectivity index (χ1v) is 29.5. The second-order valence-corrected chi connectivity index (χ2v) is 22.9. The van der Waals surface area contributed by atoms with Crippen molar-refractivity contribution in [3.8, 4) is 23.0 Å². The van der Waals surface area contributed by atoms with Gasteiger partial charge in [-0.25, -0.2) is 14.6 Å². The molecule has 84 heavy (non-hydrogen) atoms. The minimum Gasteiger partial charge on any atom is -0.493 e. The molecule has 0 bridgehead atoms. The lowest BCUT2D eigenvalue weighted by molar-refractivity contribution is -0.703. The second kappa shape index (κ2) is 31.5. The first-order valence-electron chi connectivity index (χ1n) is 29.5. The highest BCUT2D eigenvalue weighted by atomic mass is 16.7. The van der Waals surface area contributed by atoms with Crippen molar-refractivity contribution in [2.45, 2.75) is 156 Å². The minimum absolute atomic E-state index is 0.000374. The van der Waals surface area contributed by atoms with Gasteiger partial charge in [0, 0.05) is 31.5 Å². The predicted molar refractivity (Wildman–Crippen MR) is 307 cm³/mol. The molecule has 4 heterocycles. The summed E-state index contributed by atoms with van der Waals surface area (Å²) in [7, 11) is 2.75. The Morgan fingerprint density at radius 2 is 1.17 bits per heavy atom. The highest BCUT2D eigenvalue weighted by molar-refractivity contribution is 5.98. The Balaban J connectivity index is 1.05. The van der Waals surface area contributed by atoms with Gasteiger partial charge in [-0.05, 0) is 107 Å². The Morgan fingerprint density at radius 3 is 1.70 bits per heavy atom. The lowest BCUT2D eigenvalue weighted by atomic mass is 9.86. The average Bonchev–Trinajstić information content (AvgIpc) is 3.81. The molecule has 2 N–H and O–H groups in total. The van der Waals surface area contributed by atoms with Gasteiger partial charge in [0.2, 0.25) is 19.3 Å². The van der Waals surface area contributed by atoms with Crippen LogP contribution < -0.4 is 34.1 Å². The number of carbonyl (C=O) groups excluding carboxylic acids is 6. The maximum Gasteiger partial charge on any atom is 0.329 e. The van der Waals surface area contributed by atoms with Crippen molar-refractivity contribution in [3.63, 3.8) is 0 Å². The lowest BCUT2D eigenvalue weighted by Crippen LogP contribution is -2.51. The Labute approximate surface area is 493 Å². The molecular weight excluding hydrogens is 1080 g/mol. The zero-order valence-electron chi connectivity index (χ0n) is 50.0. The van der Waals surface area contributed by atoms with Crippen molar-refractivity contribution in [2.24, 2.45) is 35.5 Å². The predicted octanol–water partition coefficient (Wildman–Crippen LogP) is 8.12. The molecule has 9 atom stereocenters. The summed E-state index contributed by atoms with van der Waals surface area (Å²) in [6.45, 7) is 12.2. The molecule has 1 aliphatic carbocycles. The molecule has 1 saturated carbocycles. The topological polar surface area (TPSA) is 236 Å². The van der Waals surface area contributed by atoms with E-state index in [1.54, 1.807) is 20.8 Å². The molecule has 2 aromatic heterocycles. The first-order chi connectivity index (χ1) is 40.4. The van der Waals surface area contributed by atoms with Crippen LogP contribution in [0, 0.1) is 35.5 Å². The van der Waals surface area contributed by atoms with E-state index in [1.165, 1.54) is 43.3 Å². The Hall–Kier alpha value is -7.32. The van der Waals surface area contributed by atoms with Crippen LogP contribution in [0.3, 0.4) is 0 Å². The molecule has 456 valence electrons. The summed E-state index contributed by atoms with van der Waals surface area (Å²) < 4.78 is 60.7. The zero-order valence-corrected chi connectivity index (χ0v) is 50.0. The van der Waals surface area contributed by atoms with Crippen LogP contribution >= 0.6 is 0 Å². The smallest absolute Gasteiger partial charge is 0.329 e. The Bertz CT molecular complexity index is 2810. The molecule has 9 unspecified atom stereocenters. The molecule has 3 aliphatic rings. The van der Waals surface area contributed by atoms with Gasteiger partial charge in [-0.3, -0.25) is 19.2 Å². The van der Waals surface area contributed by atoms with E-state index in [1.807, 2.05) is 50.2 Å². The fraction of sp³-hybridized carbons (Fsp3) is 0.562. The van der Waals surface area contributed by atoms with Crippen molar-refractivity contribution in [1.82, 2.24) is 15.6 Å². The number of esters is 4. The quantitative estimate of drug-likeness (QED) is 0.0261. The van der Waals surface area contributed by atoms with E-state index in [4.69, 9.17) is 47.4 Å². The monoisotopic (exact) mass is 1170 g/mol. The maximum atomic E-state index is 14.8. The molecule has 3 fully saturated rings. The average molecular weight is 1170 g/mol. The maximum absolute atomic E-state index is 14.8. The van der Waals surface area contributed by atoms with Crippen LogP contribution in [0.2, 0.25) is 0 Å². The van der Waals surface area contributed by atoms with Crippen LogP contribution in [0.4, 0.5) is 0 Å². The third-order valence-electron chi connectivity index (χ3n) is 15.3. The number of aromatic nitrogens is 2. The third kappa shape index (κ3) is 18.3. The largest absolute Gasteiger partial charge is 0.493 e. The highest BCUT2D eigenvalue weighted by Gasteiger charge is 2.40.